The van der Waals surface area contributed by atoms with E-state index in [1.54, 1.807) is 0 Å². The number of ketones is 1. The van der Waals surface area contributed by atoms with Crippen molar-refractivity contribution in [3.8, 4) is 0 Å². The van der Waals surface area contributed by atoms with Crippen LogP contribution in [0.5, 0.6) is 0 Å². The fourth-order valence-electron chi connectivity index (χ4n) is 1.52. The van der Waals surface area contributed by atoms with Gasteiger partial charge >= 0.3 is 0 Å². The van der Waals surface area contributed by atoms with Gasteiger partial charge in [-0.05, 0) is 19.3 Å². The van der Waals surface area contributed by atoms with Crippen molar-refractivity contribution in [3.05, 3.63) is 0 Å². The molecule has 1 rings (SSSR count). The number of nitrogens with zero attached hydrogens (tertiary/aromatic N) is 1. The third-order valence-corrected chi connectivity index (χ3v) is 2.22. The molecule has 0 aromatic carbocycles. The summed E-state index contributed by atoms with van der Waals surface area (Å²) in [6, 6.07) is 0. The molecular formula is C9H16NO. The molecule has 1 fully saturated rings. The van der Waals surface area contributed by atoms with E-state index < -0.39 is 0 Å². The molecule has 0 saturated carbocycles. The molecule has 11 heavy (non-hydrogen) atoms. The lowest BCUT2D eigenvalue weighted by molar-refractivity contribution is -0.123. The molecule has 0 aromatic rings. The van der Waals surface area contributed by atoms with Crippen LogP contribution >= 0.6 is 0 Å². The smallest absolute Gasteiger partial charge is 0.136 e. The minimum Gasteiger partial charge on any atom is -0.299 e. The molecule has 2 nitrogen and oxygen atoms in total. The highest BCUT2D eigenvalue weighted by Gasteiger charge is 2.19. The molecule has 0 aliphatic carbocycles. The molecule has 0 amide bonds. The van der Waals surface area contributed by atoms with Crippen LogP contribution in [0.1, 0.15) is 32.6 Å². The van der Waals surface area contributed by atoms with Gasteiger partial charge in [0.15, 0.2) is 0 Å². The third kappa shape index (κ3) is 2.62. The van der Waals surface area contributed by atoms with Crippen LogP contribution in [0, 0.1) is 5.92 Å². The predicted octanol–water partition coefficient (Wildman–Crippen LogP) is 1.37. The number of piperidine rings is 1. The zero-order valence-corrected chi connectivity index (χ0v) is 7.18. The fourth-order valence-corrected chi connectivity index (χ4v) is 1.52. The van der Waals surface area contributed by atoms with E-state index in [-0.39, 0.29) is 0 Å². The third-order valence-electron chi connectivity index (χ3n) is 2.22. The summed E-state index contributed by atoms with van der Waals surface area (Å²) in [5.74, 6) is 0.801. The van der Waals surface area contributed by atoms with Crippen LogP contribution in [-0.2, 0) is 4.79 Å². The number of rotatable bonds is 3. The van der Waals surface area contributed by atoms with E-state index in [4.69, 9.17) is 0 Å². The van der Waals surface area contributed by atoms with Crippen molar-refractivity contribution in [2.75, 3.05) is 13.1 Å². The second kappa shape index (κ2) is 4.50. The summed E-state index contributed by atoms with van der Waals surface area (Å²) in [4.78, 5) is 11.4. The Balaban J connectivity index is 2.27. The van der Waals surface area contributed by atoms with Crippen molar-refractivity contribution < 1.29 is 4.79 Å². The number of hydrogen-bond donors (Lipinski definition) is 0. The first-order valence-electron chi connectivity index (χ1n) is 4.50. The second-order valence-electron chi connectivity index (χ2n) is 3.16. The summed E-state index contributed by atoms with van der Waals surface area (Å²) >= 11 is 0. The summed E-state index contributed by atoms with van der Waals surface area (Å²) in [7, 11) is 0. The molecule has 1 radical (unpaired) electrons. The summed E-state index contributed by atoms with van der Waals surface area (Å²) in [5, 5.41) is 4.22. The van der Waals surface area contributed by atoms with Crippen molar-refractivity contribution >= 4 is 5.78 Å². The number of hydrogen-bond acceptors (Lipinski definition) is 1. The first kappa shape index (κ1) is 8.72. The lowest BCUT2D eigenvalue weighted by atomic mass is 9.91. The summed E-state index contributed by atoms with van der Waals surface area (Å²) in [6.07, 6.45) is 3.76. The summed E-state index contributed by atoms with van der Waals surface area (Å²) in [5.41, 5.74) is 0. The van der Waals surface area contributed by atoms with E-state index in [0.29, 0.717) is 11.7 Å². The Kier molecular flexibility index (Phi) is 3.57. The fraction of sp³-hybridized carbons (Fsp3) is 0.889. The topological polar surface area (TPSA) is 31.2 Å². The Hall–Kier alpha value is -0.370. The normalized spacial score (nSPS) is 20.1. The highest BCUT2D eigenvalue weighted by atomic mass is 16.1. The molecule has 2 heteroatoms. The zero-order valence-electron chi connectivity index (χ0n) is 7.18. The summed E-state index contributed by atoms with van der Waals surface area (Å²) in [6.45, 7) is 3.87. The highest BCUT2D eigenvalue weighted by molar-refractivity contribution is 5.81. The van der Waals surface area contributed by atoms with E-state index in [9.17, 15) is 4.79 Å². The van der Waals surface area contributed by atoms with Crippen LogP contribution in [0.25, 0.3) is 0 Å². The van der Waals surface area contributed by atoms with Crippen molar-refractivity contribution in [1.29, 1.82) is 0 Å². The number of carbonyl (C=O) groups is 1. The van der Waals surface area contributed by atoms with Crippen LogP contribution in [0.2, 0.25) is 0 Å². The molecule has 0 atom stereocenters. The van der Waals surface area contributed by atoms with E-state index in [0.717, 1.165) is 38.8 Å². The van der Waals surface area contributed by atoms with Crippen molar-refractivity contribution in [3.63, 3.8) is 0 Å². The van der Waals surface area contributed by atoms with Crippen molar-refractivity contribution in [2.24, 2.45) is 5.92 Å². The van der Waals surface area contributed by atoms with Gasteiger partial charge in [0.2, 0.25) is 0 Å². The molecule has 63 valence electrons. The van der Waals surface area contributed by atoms with Gasteiger partial charge in [0.05, 0.1) is 0 Å². The quantitative estimate of drug-likeness (QED) is 0.604. The standard InChI is InChI=1S/C9H16NO/c1-2-3-9(11)8-4-6-10-7-5-8/h8H,2-7H2,1H3. The van der Waals surface area contributed by atoms with E-state index in [2.05, 4.69) is 12.2 Å². The van der Waals surface area contributed by atoms with Crippen LogP contribution in [0.15, 0.2) is 0 Å². The van der Waals surface area contributed by atoms with Gasteiger partial charge in [-0.15, -0.1) is 0 Å². The van der Waals surface area contributed by atoms with E-state index in [1.165, 1.54) is 0 Å². The minimum absolute atomic E-state index is 0.340. The average Bonchev–Trinajstić information content (AvgIpc) is 2.07. The Morgan fingerprint density at radius 1 is 1.45 bits per heavy atom. The van der Waals surface area contributed by atoms with Gasteiger partial charge in [-0.1, -0.05) is 6.92 Å². The number of carbonyl (C=O) groups excluding carboxylic acids is 1. The molecule has 1 heterocycles. The number of Topliss-reactive ketones (excluding diaryl/α,β-unsaturated/α-hetero) is 1. The Labute approximate surface area is 68.4 Å². The molecule has 0 unspecified atom stereocenters. The maximum Gasteiger partial charge on any atom is 0.136 e. The lowest BCUT2D eigenvalue weighted by Crippen LogP contribution is -2.27. The minimum atomic E-state index is 0.340. The summed E-state index contributed by atoms with van der Waals surface area (Å²) < 4.78 is 0. The first-order valence-corrected chi connectivity index (χ1v) is 4.50. The van der Waals surface area contributed by atoms with Crippen LogP contribution in [0.4, 0.5) is 0 Å². The van der Waals surface area contributed by atoms with Crippen LogP contribution in [0.3, 0.4) is 0 Å². The van der Waals surface area contributed by atoms with Gasteiger partial charge in [-0.2, -0.15) is 0 Å². The van der Waals surface area contributed by atoms with Gasteiger partial charge in [-0.25, -0.2) is 5.32 Å². The van der Waals surface area contributed by atoms with Crippen LogP contribution < -0.4 is 5.32 Å². The van der Waals surface area contributed by atoms with Gasteiger partial charge in [-0.3, -0.25) is 4.79 Å². The lowest BCUT2D eigenvalue weighted by Gasteiger charge is -2.19. The van der Waals surface area contributed by atoms with Gasteiger partial charge in [0.1, 0.15) is 5.78 Å². The Morgan fingerprint density at radius 3 is 2.64 bits per heavy atom. The first-order chi connectivity index (χ1) is 5.34. The van der Waals surface area contributed by atoms with Gasteiger partial charge < -0.3 is 0 Å². The SMILES string of the molecule is CCCC(=O)C1CC[N]CC1. The van der Waals surface area contributed by atoms with Gasteiger partial charge in [0.25, 0.3) is 0 Å². The molecule has 0 bridgehead atoms. The van der Waals surface area contributed by atoms with E-state index in [1.807, 2.05) is 0 Å². The molecule has 1 aliphatic rings. The maximum absolute atomic E-state index is 11.4. The predicted molar refractivity (Wildman–Crippen MR) is 44.5 cm³/mol. The molecule has 1 saturated heterocycles. The van der Waals surface area contributed by atoms with Crippen LogP contribution in [-0.4, -0.2) is 18.9 Å². The Bertz CT molecular complexity index is 128. The average molecular weight is 154 g/mol. The molecule has 0 aromatic heterocycles. The Morgan fingerprint density at radius 2 is 2.09 bits per heavy atom. The van der Waals surface area contributed by atoms with Crippen molar-refractivity contribution in [2.45, 2.75) is 32.6 Å². The molecule has 1 aliphatic heterocycles. The zero-order chi connectivity index (χ0) is 8.10. The van der Waals surface area contributed by atoms with Crippen molar-refractivity contribution in [1.82, 2.24) is 5.32 Å². The largest absolute Gasteiger partial charge is 0.299 e. The maximum atomic E-state index is 11.4. The van der Waals surface area contributed by atoms with E-state index >= 15 is 0 Å². The molecule has 0 N–H and O–H groups in total. The van der Waals surface area contributed by atoms with Gasteiger partial charge in [0, 0.05) is 25.4 Å². The second-order valence-corrected chi connectivity index (χ2v) is 3.16. The molecule has 0 spiro atoms. The highest BCUT2D eigenvalue weighted by Crippen LogP contribution is 2.15. The monoisotopic (exact) mass is 154 g/mol. The molecular weight excluding hydrogens is 138 g/mol.